The molecule has 10 heterocycles. The second-order valence-electron chi connectivity index (χ2n) is 34.3. The maximum absolute atomic E-state index is 6.13. The number of aromatic nitrogens is 9. The highest BCUT2D eigenvalue weighted by atomic mass is 16.3. The number of para-hydroxylation sites is 8. The van der Waals surface area contributed by atoms with Crippen LogP contribution in [0.1, 0.15) is 0 Å². The van der Waals surface area contributed by atoms with Crippen molar-refractivity contribution in [3.63, 3.8) is 0 Å². The first-order valence-electron chi connectivity index (χ1n) is 45.1. The predicted molar refractivity (Wildman–Crippen MR) is 553 cm³/mol. The Morgan fingerprint density at radius 1 is 0.135 bits per heavy atom. The van der Waals surface area contributed by atoms with E-state index in [-0.39, 0.29) is 0 Å². The lowest BCUT2D eigenvalue weighted by Crippen LogP contribution is -1.96. The van der Waals surface area contributed by atoms with Gasteiger partial charge in [-0.3, -0.25) is 15.0 Å². The molecule has 0 radical (unpaired) electrons. The Hall–Kier alpha value is -18.0. The lowest BCUT2D eigenvalue weighted by Gasteiger charge is -2.14. The van der Waals surface area contributed by atoms with Gasteiger partial charge in [0.25, 0.3) is 0 Å². The second kappa shape index (κ2) is 31.5. The van der Waals surface area contributed by atoms with Crippen molar-refractivity contribution in [2.45, 2.75) is 0 Å². The molecule has 28 rings (SSSR count). The van der Waals surface area contributed by atoms with Crippen LogP contribution >= 0.6 is 0 Å². The highest BCUT2D eigenvalue weighted by Gasteiger charge is 2.24. The number of fused-ring (bicyclic) bond motifs is 21. The predicted octanol–water partition coefficient (Wildman–Crippen LogP) is 32.1. The van der Waals surface area contributed by atoms with Gasteiger partial charge in [-0.1, -0.05) is 243 Å². The van der Waals surface area contributed by atoms with Gasteiger partial charge in [0.15, 0.2) is 0 Å². The van der Waals surface area contributed by atoms with Crippen LogP contribution in [-0.2, 0) is 0 Å². The van der Waals surface area contributed by atoms with E-state index in [0.717, 1.165) is 72.1 Å². The summed E-state index contributed by atoms with van der Waals surface area (Å²) in [6.45, 7) is 0. The molecule has 0 atom stereocenters. The molecule has 0 aliphatic rings. The van der Waals surface area contributed by atoms with Crippen LogP contribution in [0.5, 0.6) is 0 Å². The fourth-order valence-corrected chi connectivity index (χ4v) is 20.8. The first-order valence-corrected chi connectivity index (χ1v) is 45.1. The summed E-state index contributed by atoms with van der Waals surface area (Å²) in [5.74, 6) is 0. The number of nitrogens with zero attached hydrogens (tertiary/aromatic N) is 9. The molecular formula is C123H79N9O. The van der Waals surface area contributed by atoms with Crippen LogP contribution in [0.3, 0.4) is 0 Å². The summed E-state index contributed by atoms with van der Waals surface area (Å²) in [7, 11) is 0. The molecule has 28 aromatic rings. The summed E-state index contributed by atoms with van der Waals surface area (Å²) in [6, 6.07) is 159. The average Bonchev–Trinajstić information content (AvgIpc) is 1.59. The van der Waals surface area contributed by atoms with Gasteiger partial charge in [-0.2, -0.15) is 0 Å². The van der Waals surface area contributed by atoms with Crippen LogP contribution in [0.15, 0.2) is 484 Å². The van der Waals surface area contributed by atoms with Gasteiger partial charge in [-0.25, -0.2) is 0 Å². The van der Waals surface area contributed by atoms with E-state index in [1.54, 1.807) is 0 Å². The van der Waals surface area contributed by atoms with Crippen molar-refractivity contribution in [1.29, 1.82) is 0 Å². The minimum atomic E-state index is 0.894. The molecule has 0 N–H and O–H groups in total. The van der Waals surface area contributed by atoms with E-state index >= 15 is 0 Å². The molecule has 0 spiro atoms. The Morgan fingerprint density at radius 3 is 0.805 bits per heavy atom. The largest absolute Gasteiger partial charge is 0.456 e. The number of benzene rings is 18. The molecule has 10 nitrogen and oxygen atoms in total. The fraction of sp³-hybridized carbons (Fsp3) is 0. The number of rotatable bonds is 11. The van der Waals surface area contributed by atoms with E-state index in [0.29, 0.717) is 0 Å². The lowest BCUT2D eigenvalue weighted by molar-refractivity contribution is 0.669. The monoisotopic (exact) mass is 1700 g/mol. The Labute approximate surface area is 764 Å². The third-order valence-corrected chi connectivity index (χ3v) is 26.8. The topological polar surface area (TPSA) is 81.4 Å². The van der Waals surface area contributed by atoms with E-state index in [9.17, 15) is 0 Å². The third kappa shape index (κ3) is 12.8. The summed E-state index contributed by atoms with van der Waals surface area (Å²) >= 11 is 0. The van der Waals surface area contributed by atoms with Gasteiger partial charge < -0.3 is 31.8 Å². The minimum absolute atomic E-state index is 0.894. The number of hydrogen-bond donors (Lipinski definition) is 0. The molecular weight excluding hydrogens is 1620 g/mol. The summed E-state index contributed by atoms with van der Waals surface area (Å²) in [5, 5.41) is 16.9. The molecule has 0 fully saturated rings. The number of pyridine rings is 3. The van der Waals surface area contributed by atoms with Crippen molar-refractivity contribution in [2.75, 3.05) is 0 Å². The highest BCUT2D eigenvalue weighted by Crippen LogP contribution is 2.46. The van der Waals surface area contributed by atoms with E-state index in [4.69, 9.17) is 4.42 Å². The van der Waals surface area contributed by atoms with Gasteiger partial charge in [0, 0.05) is 134 Å². The van der Waals surface area contributed by atoms with Crippen molar-refractivity contribution >= 4 is 153 Å². The van der Waals surface area contributed by atoms with Gasteiger partial charge in [-0.15, -0.1) is 0 Å². The van der Waals surface area contributed by atoms with Crippen molar-refractivity contribution in [2.24, 2.45) is 0 Å². The minimum Gasteiger partial charge on any atom is -0.456 e. The zero-order valence-corrected chi connectivity index (χ0v) is 72.0. The van der Waals surface area contributed by atoms with E-state index in [1.807, 2.05) is 49.3 Å². The van der Waals surface area contributed by atoms with Gasteiger partial charge in [0.2, 0.25) is 0 Å². The average molecular weight is 1700 g/mol. The molecule has 622 valence electrons. The van der Waals surface area contributed by atoms with Gasteiger partial charge >= 0.3 is 0 Å². The molecule has 0 saturated heterocycles. The quantitative estimate of drug-likeness (QED) is 0.129. The Balaban J connectivity index is 0.000000105. The van der Waals surface area contributed by atoms with Crippen LogP contribution in [-0.4, -0.2) is 42.4 Å². The maximum Gasteiger partial charge on any atom is 0.135 e. The number of hydrogen-bond acceptors (Lipinski definition) is 4. The summed E-state index contributed by atoms with van der Waals surface area (Å²) < 4.78 is 20.2. The molecule has 10 aromatic heterocycles. The van der Waals surface area contributed by atoms with Gasteiger partial charge in [0.05, 0.1) is 78.6 Å². The van der Waals surface area contributed by atoms with E-state index in [2.05, 4.69) is 473 Å². The van der Waals surface area contributed by atoms with Crippen molar-refractivity contribution in [1.82, 2.24) is 42.4 Å². The van der Waals surface area contributed by atoms with Crippen LogP contribution in [0, 0.1) is 0 Å². The van der Waals surface area contributed by atoms with Crippen LogP contribution in [0.4, 0.5) is 0 Å². The smallest absolute Gasteiger partial charge is 0.135 e. The van der Waals surface area contributed by atoms with Crippen molar-refractivity contribution in [3.05, 3.63) is 480 Å². The SMILES string of the molecule is c1ccc(-c2cc(-c3ccccc3)cc(-n3c4ccccc4c4cc(-c5ccc6c(c5)c5cnccc5n6-c5ccccc5)ccc43)c2)cc1.c1ccc(-n2c3ccccc3c3cc(-c4ccc5c(c4)c4ccncc4n5-c4ccc5oc6ccccc6c5c4)ccc32)cc1.c1ccc(-n2c3ccccc3c3cc(-c4ccc5c(c4)c4ccncc4n5-c4ccccc4)ccc32)cc1. The molecule has 133 heavy (non-hydrogen) atoms. The zero-order chi connectivity index (χ0) is 87.6. The van der Waals surface area contributed by atoms with E-state index < -0.39 is 0 Å². The molecule has 0 saturated carbocycles. The van der Waals surface area contributed by atoms with Crippen LogP contribution < -0.4 is 0 Å². The Morgan fingerprint density at radius 2 is 0.414 bits per heavy atom. The molecule has 0 aliphatic carbocycles. The van der Waals surface area contributed by atoms with Crippen molar-refractivity contribution < 1.29 is 4.42 Å². The molecule has 0 amide bonds. The van der Waals surface area contributed by atoms with Crippen molar-refractivity contribution in [3.8, 4) is 89.8 Å². The molecule has 0 aliphatic heterocycles. The standard InChI is InChI=1S/C47H31N3.C41H25N3O.C35H23N3/c1-4-12-32(13-5-1)36-26-37(33-14-6-2-7-15-33)28-39(27-36)50-44-19-11-10-18-40(44)41-29-34(20-22-45(41)50)35-21-23-46-42(30-35)43-31-48-25-24-47(43)49(46)38-16-8-3-9-17-38;1-2-8-28(9-3-1)43-36-12-6-4-10-30(36)33-22-26(14-17-37(33)43)27-15-18-38-34(23-27)31-20-21-42-25-39(31)44(38)29-16-19-41-35(24-29)32-11-5-7-13-40(32)45-41;1-3-9-26(10-4-1)37-32-14-8-7-13-28(32)30-21-24(15-17-33(30)37)25-16-18-34-31(22-25)29-19-20-36-23-35(29)38(34)27-11-5-2-6-12-27/h1-31H;1-25H;1-23H. The normalized spacial score (nSPS) is 11.8. The maximum atomic E-state index is 6.13. The number of furan rings is 1. The second-order valence-corrected chi connectivity index (χ2v) is 34.3. The summed E-state index contributed by atoms with van der Waals surface area (Å²) in [5.41, 5.74) is 34.7. The zero-order valence-electron chi connectivity index (χ0n) is 72.0. The summed E-state index contributed by atoms with van der Waals surface area (Å²) in [6.07, 6.45) is 11.6. The fourth-order valence-electron chi connectivity index (χ4n) is 20.8. The highest BCUT2D eigenvalue weighted by molar-refractivity contribution is 6.18. The first kappa shape index (κ1) is 76.3. The van der Waals surface area contributed by atoms with E-state index in [1.165, 1.54) is 170 Å². The molecule has 10 heteroatoms. The van der Waals surface area contributed by atoms with Crippen LogP contribution in [0.2, 0.25) is 0 Å². The lowest BCUT2D eigenvalue weighted by atomic mass is 9.98. The molecule has 0 bridgehead atoms. The Kier molecular flexibility index (Phi) is 18.1. The third-order valence-electron chi connectivity index (χ3n) is 26.8. The molecule has 0 unspecified atom stereocenters. The van der Waals surface area contributed by atoms with Gasteiger partial charge in [-0.05, 0) is 256 Å². The summed E-state index contributed by atoms with van der Waals surface area (Å²) in [4.78, 5) is 13.5. The molecule has 18 aromatic carbocycles. The van der Waals surface area contributed by atoms with Crippen LogP contribution in [0.25, 0.3) is 243 Å². The Bertz CT molecular complexity index is 9240. The first-order chi connectivity index (χ1) is 66.0. The van der Waals surface area contributed by atoms with Gasteiger partial charge in [0.1, 0.15) is 11.2 Å².